The number of nitrogens with zero attached hydrogens (tertiary/aromatic N) is 4. The van der Waals surface area contributed by atoms with E-state index in [1.807, 2.05) is 39.8 Å². The van der Waals surface area contributed by atoms with Gasteiger partial charge in [0.2, 0.25) is 0 Å². The molecule has 1 fully saturated rings. The van der Waals surface area contributed by atoms with Gasteiger partial charge in [-0.3, -0.25) is 9.29 Å². The summed E-state index contributed by atoms with van der Waals surface area (Å²) >= 11 is -1.24. The van der Waals surface area contributed by atoms with Crippen molar-refractivity contribution < 1.29 is 23.3 Å². The van der Waals surface area contributed by atoms with Crippen molar-refractivity contribution in [1.29, 1.82) is 0 Å². The summed E-state index contributed by atoms with van der Waals surface area (Å²) in [7, 11) is 0. The van der Waals surface area contributed by atoms with Crippen LogP contribution in [-0.4, -0.2) is 62.7 Å². The van der Waals surface area contributed by atoms with Crippen molar-refractivity contribution in [3.05, 3.63) is 42.7 Å². The van der Waals surface area contributed by atoms with Crippen molar-refractivity contribution >= 4 is 27.8 Å². The molecule has 0 spiro atoms. The molecule has 166 valence electrons. The molecule has 1 aliphatic rings. The van der Waals surface area contributed by atoms with Crippen LogP contribution in [0.25, 0.3) is 11.0 Å². The van der Waals surface area contributed by atoms with Crippen molar-refractivity contribution in [2.45, 2.75) is 25.9 Å². The van der Waals surface area contributed by atoms with E-state index in [4.69, 9.17) is 14.0 Å². The lowest BCUT2D eigenvalue weighted by Crippen LogP contribution is -2.29. The molecule has 2 unspecified atom stereocenters. The Kier molecular flexibility index (Phi) is 7.00. The molecule has 2 aromatic heterocycles. The minimum atomic E-state index is -1.24. The van der Waals surface area contributed by atoms with Crippen molar-refractivity contribution in [2.24, 2.45) is 0 Å². The zero-order valence-electron chi connectivity index (χ0n) is 17.3. The number of aliphatic hydroxyl groups excluding tert-OH is 1. The quantitative estimate of drug-likeness (QED) is 0.511. The van der Waals surface area contributed by atoms with Gasteiger partial charge in [-0.2, -0.15) is 0 Å². The summed E-state index contributed by atoms with van der Waals surface area (Å²) in [6, 6.07) is 9.14. The Morgan fingerprint density at radius 3 is 2.84 bits per heavy atom. The first kappa shape index (κ1) is 21.5. The summed E-state index contributed by atoms with van der Waals surface area (Å²) in [4.78, 5) is 4.00. The number of hydrogen-bond acceptors (Lipinski definition) is 7. The Hall–Kier alpha value is -2.69. The van der Waals surface area contributed by atoms with Gasteiger partial charge in [-0.25, -0.2) is 8.51 Å². The molecule has 0 aliphatic carbocycles. The highest BCUT2D eigenvalue weighted by molar-refractivity contribution is 7.84. The van der Waals surface area contributed by atoms with Gasteiger partial charge in [-0.05, 0) is 42.8 Å². The van der Waals surface area contributed by atoms with Gasteiger partial charge in [0.1, 0.15) is 5.75 Å². The molecule has 1 saturated heterocycles. The number of ether oxygens (including phenoxy) is 2. The minimum absolute atomic E-state index is 0.366. The number of rotatable bonds is 10. The van der Waals surface area contributed by atoms with E-state index in [1.165, 1.54) is 0 Å². The van der Waals surface area contributed by atoms with E-state index < -0.39 is 17.3 Å². The van der Waals surface area contributed by atoms with Crippen LogP contribution in [0.1, 0.15) is 19.8 Å². The number of aliphatic hydroxyl groups is 1. The van der Waals surface area contributed by atoms with Crippen LogP contribution >= 0.6 is 0 Å². The number of anilines is 1. The summed E-state index contributed by atoms with van der Waals surface area (Å²) in [5.41, 5.74) is 1.48. The van der Waals surface area contributed by atoms with Crippen LogP contribution in [-0.2, 0) is 11.2 Å². The fraction of sp³-hybridized carbons (Fsp3) is 0.429. The van der Waals surface area contributed by atoms with Gasteiger partial charge in [0.05, 0.1) is 30.4 Å². The average Bonchev–Trinajstić information content (AvgIpc) is 3.36. The molecule has 0 bridgehead atoms. The maximum absolute atomic E-state index is 12.7. The summed E-state index contributed by atoms with van der Waals surface area (Å²) in [5, 5.41) is 15.0. The van der Waals surface area contributed by atoms with Crippen LogP contribution in [0.4, 0.5) is 5.69 Å². The molecule has 0 amide bonds. The van der Waals surface area contributed by atoms with E-state index >= 15 is 0 Å². The van der Waals surface area contributed by atoms with Gasteiger partial charge in [0.25, 0.3) is 5.88 Å². The third-order valence-electron chi connectivity index (χ3n) is 5.04. The lowest BCUT2D eigenvalue weighted by molar-refractivity contribution is 0.126. The zero-order chi connectivity index (χ0) is 21.6. The third kappa shape index (κ3) is 5.15. The summed E-state index contributed by atoms with van der Waals surface area (Å²) in [6.45, 7) is 4.71. The molecule has 4 rings (SSSR count). The van der Waals surface area contributed by atoms with Crippen LogP contribution in [0.3, 0.4) is 0 Å². The maximum Gasteiger partial charge on any atom is 0.262 e. The van der Waals surface area contributed by atoms with Crippen LogP contribution in [0, 0.1) is 0 Å². The lowest BCUT2D eigenvalue weighted by Gasteiger charge is -2.19. The molecule has 0 saturated carbocycles. The monoisotopic (exact) mass is 446 g/mol. The molecular weight excluding hydrogens is 420 g/mol. The largest absolute Gasteiger partial charge is 0.493 e. The highest BCUT2D eigenvalue weighted by Crippen LogP contribution is 2.28. The van der Waals surface area contributed by atoms with E-state index in [9.17, 15) is 9.32 Å². The van der Waals surface area contributed by atoms with Gasteiger partial charge in [0, 0.05) is 44.5 Å². The standard InChI is InChI=1S/C21H26N4O5S/c1-2-28-21-19-4-3-18(15-20(19)30-23-21)29-14-8-17(26)7-11-24-12-13-25(31(24)27)16-5-9-22-10-6-16/h3-6,9-10,15,17,26H,2,7-8,11-14H2,1H3. The normalized spacial score (nSPS) is 17.9. The van der Waals surface area contributed by atoms with Gasteiger partial charge >= 0.3 is 0 Å². The first-order chi connectivity index (χ1) is 15.2. The lowest BCUT2D eigenvalue weighted by atomic mass is 10.2. The van der Waals surface area contributed by atoms with Crippen LogP contribution in [0.5, 0.6) is 11.6 Å². The van der Waals surface area contributed by atoms with Crippen LogP contribution < -0.4 is 13.8 Å². The molecule has 31 heavy (non-hydrogen) atoms. The molecule has 9 nitrogen and oxygen atoms in total. The van der Waals surface area contributed by atoms with Crippen molar-refractivity contribution in [2.75, 3.05) is 37.2 Å². The Balaban J connectivity index is 1.21. The van der Waals surface area contributed by atoms with Crippen molar-refractivity contribution in [3.8, 4) is 11.6 Å². The molecule has 1 N–H and O–H groups in total. The average molecular weight is 447 g/mol. The van der Waals surface area contributed by atoms with Gasteiger partial charge in [-0.15, -0.1) is 0 Å². The van der Waals surface area contributed by atoms with Crippen LogP contribution in [0.2, 0.25) is 0 Å². The van der Waals surface area contributed by atoms with E-state index in [-0.39, 0.29) is 0 Å². The number of aromatic nitrogens is 2. The summed E-state index contributed by atoms with van der Waals surface area (Å²) < 4.78 is 32.8. The first-order valence-corrected chi connectivity index (χ1v) is 11.4. The SMILES string of the molecule is CCOc1noc2cc(OCCC(O)CCN3CCN(c4ccncc4)S3=O)ccc12. The molecule has 0 radical (unpaired) electrons. The molecule has 10 heteroatoms. The van der Waals surface area contributed by atoms with E-state index in [0.29, 0.717) is 62.9 Å². The molecule has 1 aliphatic heterocycles. The Morgan fingerprint density at radius 2 is 2.03 bits per heavy atom. The Morgan fingerprint density at radius 1 is 1.19 bits per heavy atom. The van der Waals surface area contributed by atoms with Crippen LogP contribution in [0.15, 0.2) is 47.2 Å². The van der Waals surface area contributed by atoms with Gasteiger partial charge in [-0.1, -0.05) is 0 Å². The van der Waals surface area contributed by atoms with Crippen molar-refractivity contribution in [3.63, 3.8) is 0 Å². The minimum Gasteiger partial charge on any atom is -0.493 e. The number of hydrogen-bond donors (Lipinski definition) is 1. The molecule has 1 aromatic carbocycles. The molecule has 2 atom stereocenters. The first-order valence-electron chi connectivity index (χ1n) is 10.3. The van der Waals surface area contributed by atoms with E-state index in [2.05, 4.69) is 10.1 Å². The maximum atomic E-state index is 12.7. The smallest absolute Gasteiger partial charge is 0.262 e. The van der Waals surface area contributed by atoms with E-state index in [0.717, 1.165) is 11.1 Å². The predicted molar refractivity (Wildman–Crippen MR) is 117 cm³/mol. The Bertz CT molecular complexity index is 1020. The fourth-order valence-corrected chi connectivity index (χ4v) is 4.71. The second kappa shape index (κ2) is 10.1. The Labute approximate surface area is 183 Å². The topological polar surface area (TPSA) is 101 Å². The zero-order valence-corrected chi connectivity index (χ0v) is 18.2. The van der Waals surface area contributed by atoms with Gasteiger partial charge < -0.3 is 19.1 Å². The molecule has 3 aromatic rings. The van der Waals surface area contributed by atoms with E-state index in [1.54, 1.807) is 18.5 Å². The third-order valence-corrected chi connectivity index (χ3v) is 6.61. The van der Waals surface area contributed by atoms with Gasteiger partial charge in [0.15, 0.2) is 16.8 Å². The fourth-order valence-electron chi connectivity index (χ4n) is 3.39. The molecular formula is C21H26N4O5S. The summed E-state index contributed by atoms with van der Waals surface area (Å²) in [6.07, 6.45) is 3.85. The number of fused-ring (bicyclic) bond motifs is 1. The highest BCUT2D eigenvalue weighted by Gasteiger charge is 2.29. The van der Waals surface area contributed by atoms with Crippen molar-refractivity contribution in [1.82, 2.24) is 14.4 Å². The predicted octanol–water partition coefficient (Wildman–Crippen LogP) is 2.54. The number of benzene rings is 1. The number of pyridine rings is 1. The highest BCUT2D eigenvalue weighted by atomic mass is 32.2. The molecule has 3 heterocycles. The summed E-state index contributed by atoms with van der Waals surface area (Å²) in [5.74, 6) is 1.12. The second-order valence-corrected chi connectivity index (χ2v) is 8.54. The second-order valence-electron chi connectivity index (χ2n) is 7.13.